The van der Waals surface area contributed by atoms with Crippen molar-refractivity contribution in [2.45, 2.75) is 129 Å². The van der Waals surface area contributed by atoms with Gasteiger partial charge in [0, 0.05) is 45.6 Å². The molecule has 0 aromatic heterocycles. The smallest absolute Gasteiger partial charge is 0.247 e. The zero-order valence-corrected chi connectivity index (χ0v) is 38.8. The number of likely N-dealkylation sites (N-methyl/N-ethyl adjacent to an activating group) is 2. The molecule has 1 heterocycles. The maximum Gasteiger partial charge on any atom is 0.247 e. The molecule has 340 valence electrons. The molecule has 0 aliphatic carbocycles. The average Bonchev–Trinajstić information content (AvgIpc) is 3.72. The second-order valence-electron chi connectivity index (χ2n) is 17.5. The highest BCUT2D eigenvalue weighted by atomic mass is 16.5. The minimum atomic E-state index is -0.897. The van der Waals surface area contributed by atoms with E-state index >= 15 is 0 Å². The fraction of sp³-hybridized carbons (Fsp3) is 0.638. The van der Waals surface area contributed by atoms with Crippen LogP contribution in [0.1, 0.15) is 86.1 Å². The summed E-state index contributed by atoms with van der Waals surface area (Å²) in [4.78, 5) is 75.5. The summed E-state index contributed by atoms with van der Waals surface area (Å²) in [6, 6.07) is 13.3. The van der Waals surface area contributed by atoms with Gasteiger partial charge >= 0.3 is 0 Å². The van der Waals surface area contributed by atoms with Crippen LogP contribution in [0.15, 0.2) is 54.6 Å². The van der Waals surface area contributed by atoms with Crippen molar-refractivity contribution in [2.24, 2.45) is 23.7 Å². The maximum atomic E-state index is 14.5. The summed E-state index contributed by atoms with van der Waals surface area (Å²) in [7, 11) is 8.56. The van der Waals surface area contributed by atoms with E-state index in [1.807, 2.05) is 90.9 Å². The Morgan fingerprint density at radius 3 is 1.98 bits per heavy atom. The molecule has 0 spiro atoms. The molecular formula is C47H75N7O7. The highest BCUT2D eigenvalue weighted by Crippen LogP contribution is 2.30. The molecule has 61 heavy (non-hydrogen) atoms. The average molecular weight is 850 g/mol. The lowest BCUT2D eigenvalue weighted by atomic mass is 9.88. The molecule has 3 rings (SSSR count). The van der Waals surface area contributed by atoms with Gasteiger partial charge in [-0.3, -0.25) is 28.9 Å². The van der Waals surface area contributed by atoms with Crippen molar-refractivity contribution in [3.63, 3.8) is 0 Å². The first-order valence-electron chi connectivity index (χ1n) is 22.0. The van der Waals surface area contributed by atoms with Crippen molar-refractivity contribution in [2.75, 3.05) is 53.0 Å². The number of likely N-dealkylation sites (tertiary alicyclic amines) is 1. The molecule has 1 aliphatic heterocycles. The summed E-state index contributed by atoms with van der Waals surface area (Å²) in [5.74, 6) is -2.23. The Morgan fingerprint density at radius 2 is 1.44 bits per heavy atom. The van der Waals surface area contributed by atoms with Gasteiger partial charge in [-0.15, -0.1) is 0 Å². The van der Waals surface area contributed by atoms with Crippen molar-refractivity contribution in [3.8, 4) is 0 Å². The van der Waals surface area contributed by atoms with E-state index in [1.165, 1.54) is 7.11 Å². The van der Waals surface area contributed by atoms with Crippen molar-refractivity contribution in [1.29, 1.82) is 0 Å². The molecule has 0 saturated carbocycles. The van der Waals surface area contributed by atoms with E-state index in [1.54, 1.807) is 55.1 Å². The number of amides is 5. The van der Waals surface area contributed by atoms with Crippen LogP contribution in [-0.2, 0) is 39.9 Å². The number of methoxy groups -OCH3 is 2. The molecular weight excluding hydrogens is 775 g/mol. The van der Waals surface area contributed by atoms with Gasteiger partial charge in [0.05, 0.1) is 42.7 Å². The van der Waals surface area contributed by atoms with Crippen LogP contribution in [0.3, 0.4) is 0 Å². The molecule has 2 aromatic rings. The van der Waals surface area contributed by atoms with Gasteiger partial charge in [-0.2, -0.15) is 0 Å². The van der Waals surface area contributed by atoms with Gasteiger partial charge in [-0.05, 0) is 74.5 Å². The third-order valence-electron chi connectivity index (χ3n) is 12.6. The van der Waals surface area contributed by atoms with Gasteiger partial charge in [0.15, 0.2) is 0 Å². The maximum absolute atomic E-state index is 14.5. The van der Waals surface area contributed by atoms with E-state index in [0.717, 1.165) is 18.4 Å². The lowest BCUT2D eigenvalue weighted by molar-refractivity contribution is -0.148. The molecule has 14 heteroatoms. The third kappa shape index (κ3) is 13.7. The molecule has 0 radical (unpaired) electrons. The lowest BCUT2D eigenvalue weighted by Gasteiger charge is -2.41. The second kappa shape index (κ2) is 24.2. The van der Waals surface area contributed by atoms with Gasteiger partial charge in [0.1, 0.15) is 12.1 Å². The Kier molecular flexibility index (Phi) is 20.2. The molecule has 1 fully saturated rings. The summed E-state index contributed by atoms with van der Waals surface area (Å²) in [5.41, 5.74) is 7.84. The largest absolute Gasteiger partial charge is 0.399 e. The molecule has 10 atom stereocenters. The van der Waals surface area contributed by atoms with E-state index < -0.39 is 48.3 Å². The number of nitrogens with zero attached hydrogens (tertiary/aromatic N) is 3. The molecule has 1 aliphatic rings. The number of ether oxygens (including phenoxy) is 2. The van der Waals surface area contributed by atoms with E-state index in [-0.39, 0.29) is 60.1 Å². The molecule has 1 saturated heterocycles. The highest BCUT2D eigenvalue weighted by Gasteiger charge is 2.43. The molecule has 7 unspecified atom stereocenters. The summed E-state index contributed by atoms with van der Waals surface area (Å²) < 4.78 is 12.1. The van der Waals surface area contributed by atoms with Crippen LogP contribution in [0.5, 0.6) is 0 Å². The van der Waals surface area contributed by atoms with Crippen molar-refractivity contribution in [3.05, 3.63) is 60.2 Å². The lowest BCUT2D eigenvalue weighted by Crippen LogP contribution is -2.60. The fourth-order valence-corrected chi connectivity index (χ4v) is 8.74. The molecule has 14 nitrogen and oxygen atoms in total. The predicted octanol–water partition coefficient (Wildman–Crippen LogP) is 4.97. The standard InChI is InChI=1S/C47H75N7O7/c1-13-30(5)40(51-46(58)41(29(3)4)52(8)9)47(59)53(10)42(31(6)14-2)38(60-11)28-39(55)54-26-18-21-37(54)43(61-12)32(7)44(56)50-36(27-33-19-16-15-17-20-33)45(57)49-35-24-22-34(48)23-25-35/h15-17,19-20,22-25,29-32,36-38,40-43H,13-14,18,21,26-28,48H2,1-12H3,(H,49,57)(H,50,56)(H,51,58)/t30-,31?,32?,36-,37?,38?,40-,41?,42?,43?/m0/s1. The Bertz CT molecular complexity index is 1700. The van der Waals surface area contributed by atoms with Gasteiger partial charge in [0.25, 0.3) is 0 Å². The van der Waals surface area contributed by atoms with Crippen molar-refractivity contribution >= 4 is 40.9 Å². The number of benzene rings is 2. The fourth-order valence-electron chi connectivity index (χ4n) is 8.74. The van der Waals surface area contributed by atoms with Crippen LogP contribution < -0.4 is 21.7 Å². The number of hydrogen-bond donors (Lipinski definition) is 4. The Balaban J connectivity index is 1.82. The monoisotopic (exact) mass is 850 g/mol. The van der Waals surface area contributed by atoms with Gasteiger partial charge in [0.2, 0.25) is 29.5 Å². The summed E-state index contributed by atoms with van der Waals surface area (Å²) >= 11 is 0. The number of nitrogens with two attached hydrogens (primary N) is 1. The van der Waals surface area contributed by atoms with Crippen LogP contribution in [0.4, 0.5) is 11.4 Å². The Morgan fingerprint density at radius 1 is 0.820 bits per heavy atom. The number of carbonyl (C=O) groups excluding carboxylic acids is 5. The topological polar surface area (TPSA) is 176 Å². The minimum absolute atomic E-state index is 0.00248. The van der Waals surface area contributed by atoms with E-state index in [0.29, 0.717) is 30.8 Å². The number of carbonyl (C=O) groups is 5. The third-order valence-corrected chi connectivity index (χ3v) is 12.6. The predicted molar refractivity (Wildman–Crippen MR) is 241 cm³/mol. The van der Waals surface area contributed by atoms with E-state index in [2.05, 4.69) is 16.0 Å². The van der Waals surface area contributed by atoms with Gasteiger partial charge in [-0.25, -0.2) is 0 Å². The first-order chi connectivity index (χ1) is 28.9. The van der Waals surface area contributed by atoms with E-state index in [4.69, 9.17) is 15.2 Å². The molecule has 5 amide bonds. The zero-order valence-electron chi connectivity index (χ0n) is 38.8. The quantitative estimate of drug-likeness (QED) is 0.113. The molecule has 0 bridgehead atoms. The van der Waals surface area contributed by atoms with Crippen LogP contribution >= 0.6 is 0 Å². The number of nitrogen functional groups attached to an aromatic ring is 1. The number of anilines is 2. The first-order valence-corrected chi connectivity index (χ1v) is 22.0. The first kappa shape index (κ1) is 50.8. The number of nitrogens with one attached hydrogen (secondary N) is 3. The molecule has 2 aromatic carbocycles. The SMILES string of the molecule is CCC(C)C(C(CC(=O)N1CCCC1C(OC)C(C)C(=O)N[C@@H](Cc1ccccc1)C(=O)Nc1ccc(N)cc1)OC)N(C)C(=O)[C@@H](NC(=O)C(C(C)C)N(C)C)[C@@H](C)CC. The Labute approximate surface area is 365 Å². The number of hydrogen-bond acceptors (Lipinski definition) is 9. The number of rotatable bonds is 23. The van der Waals surface area contributed by atoms with Crippen LogP contribution in [-0.4, -0.2) is 129 Å². The normalized spacial score (nSPS) is 18.6. The summed E-state index contributed by atoms with van der Waals surface area (Å²) in [5, 5.41) is 8.97. The zero-order chi connectivity index (χ0) is 45.6. The van der Waals surface area contributed by atoms with Crippen LogP contribution in [0.2, 0.25) is 0 Å². The van der Waals surface area contributed by atoms with Crippen molar-refractivity contribution in [1.82, 2.24) is 25.3 Å². The van der Waals surface area contributed by atoms with Crippen LogP contribution in [0.25, 0.3) is 0 Å². The van der Waals surface area contributed by atoms with Crippen molar-refractivity contribution < 1.29 is 33.4 Å². The van der Waals surface area contributed by atoms with E-state index in [9.17, 15) is 24.0 Å². The second-order valence-corrected chi connectivity index (χ2v) is 17.5. The minimum Gasteiger partial charge on any atom is -0.399 e. The molecule has 5 N–H and O–H groups in total. The Hall–Kier alpha value is -4.53. The summed E-state index contributed by atoms with van der Waals surface area (Å²) in [6.45, 7) is 14.3. The summed E-state index contributed by atoms with van der Waals surface area (Å²) in [6.07, 6.45) is 1.68. The van der Waals surface area contributed by atoms with Gasteiger partial charge < -0.3 is 41.0 Å². The van der Waals surface area contributed by atoms with Crippen LogP contribution in [0, 0.1) is 23.7 Å². The highest BCUT2D eigenvalue weighted by molar-refractivity contribution is 5.98. The van der Waals surface area contributed by atoms with Gasteiger partial charge in [-0.1, -0.05) is 91.6 Å².